The number of rotatable bonds is 4. The van der Waals surface area contributed by atoms with Crippen molar-refractivity contribution in [3.8, 4) is 5.75 Å². The van der Waals surface area contributed by atoms with E-state index in [0.717, 1.165) is 29.9 Å². The van der Waals surface area contributed by atoms with Crippen molar-refractivity contribution < 1.29 is 14.3 Å². The van der Waals surface area contributed by atoms with Crippen molar-refractivity contribution in [2.24, 2.45) is 0 Å². The van der Waals surface area contributed by atoms with Gasteiger partial charge in [0.2, 0.25) is 0 Å². The van der Waals surface area contributed by atoms with Gasteiger partial charge in [-0.15, -0.1) is 0 Å². The van der Waals surface area contributed by atoms with Gasteiger partial charge in [-0.05, 0) is 36.6 Å². The van der Waals surface area contributed by atoms with E-state index in [1.165, 1.54) is 0 Å². The minimum absolute atomic E-state index is 0.135. The highest BCUT2D eigenvalue weighted by Crippen LogP contribution is 2.27. The summed E-state index contributed by atoms with van der Waals surface area (Å²) >= 11 is 0. The van der Waals surface area contributed by atoms with Gasteiger partial charge >= 0.3 is 0 Å². The van der Waals surface area contributed by atoms with E-state index in [1.54, 1.807) is 0 Å². The summed E-state index contributed by atoms with van der Waals surface area (Å²) in [5.41, 5.74) is 0.620. The average Bonchev–Trinajstić information content (AvgIpc) is 2.90. The van der Waals surface area contributed by atoms with E-state index in [-0.39, 0.29) is 6.10 Å². The van der Waals surface area contributed by atoms with E-state index < -0.39 is 0 Å². The van der Waals surface area contributed by atoms with Crippen molar-refractivity contribution in [2.75, 3.05) is 6.61 Å². The molecule has 104 valence electrons. The molecule has 0 aromatic heterocycles. The maximum Gasteiger partial charge on any atom is 0.154 e. The molecule has 1 aliphatic rings. The molecule has 0 spiro atoms. The van der Waals surface area contributed by atoms with Crippen LogP contribution in [0.1, 0.15) is 30.1 Å². The molecule has 1 saturated heterocycles. The van der Waals surface area contributed by atoms with E-state index in [2.05, 4.69) is 6.92 Å². The monoisotopic (exact) mass is 270 g/mol. The zero-order chi connectivity index (χ0) is 13.9. The predicted octanol–water partition coefficient (Wildman–Crippen LogP) is 3.60. The van der Waals surface area contributed by atoms with E-state index in [0.29, 0.717) is 24.0 Å². The largest absolute Gasteiger partial charge is 0.490 e. The second kappa shape index (κ2) is 5.63. The first-order chi connectivity index (χ1) is 9.78. The van der Waals surface area contributed by atoms with Gasteiger partial charge in [0.25, 0.3) is 0 Å². The van der Waals surface area contributed by atoms with Crippen LogP contribution < -0.4 is 4.74 Å². The fourth-order valence-corrected chi connectivity index (χ4v) is 2.71. The minimum Gasteiger partial charge on any atom is -0.490 e. The molecular formula is C17H18O3. The number of hydrogen-bond acceptors (Lipinski definition) is 3. The highest BCUT2D eigenvalue weighted by atomic mass is 16.5. The molecule has 2 aromatic rings. The Balaban J connectivity index is 1.82. The minimum atomic E-state index is 0.135. The summed E-state index contributed by atoms with van der Waals surface area (Å²) in [5.74, 6) is 0.641. The molecule has 0 N–H and O–H groups in total. The zero-order valence-corrected chi connectivity index (χ0v) is 11.5. The molecule has 1 fully saturated rings. The Morgan fingerprint density at radius 2 is 2.10 bits per heavy atom. The summed E-state index contributed by atoms with van der Waals surface area (Å²) in [6, 6.07) is 11.7. The number of fused-ring (bicyclic) bond motifs is 1. The Morgan fingerprint density at radius 3 is 2.85 bits per heavy atom. The van der Waals surface area contributed by atoms with Crippen LogP contribution >= 0.6 is 0 Å². The van der Waals surface area contributed by atoms with Gasteiger partial charge in [0.1, 0.15) is 12.4 Å². The maximum absolute atomic E-state index is 11.4. The third-order valence-electron chi connectivity index (χ3n) is 3.79. The fourth-order valence-electron chi connectivity index (χ4n) is 2.71. The summed E-state index contributed by atoms with van der Waals surface area (Å²) in [7, 11) is 0. The van der Waals surface area contributed by atoms with Crippen LogP contribution in [0.3, 0.4) is 0 Å². The van der Waals surface area contributed by atoms with Gasteiger partial charge in [-0.1, -0.05) is 30.3 Å². The van der Waals surface area contributed by atoms with Crippen LogP contribution in [0, 0.1) is 0 Å². The van der Waals surface area contributed by atoms with Gasteiger partial charge in [-0.25, -0.2) is 0 Å². The number of carbonyl (C=O) groups excluding carboxylic acids is 1. The molecule has 0 aliphatic carbocycles. The Labute approximate surface area is 118 Å². The second-order valence-corrected chi connectivity index (χ2v) is 5.27. The van der Waals surface area contributed by atoms with Crippen molar-refractivity contribution in [3.63, 3.8) is 0 Å². The van der Waals surface area contributed by atoms with Crippen LogP contribution in [0.2, 0.25) is 0 Å². The van der Waals surface area contributed by atoms with Gasteiger partial charge in [-0.3, -0.25) is 4.79 Å². The molecule has 20 heavy (non-hydrogen) atoms. The Kier molecular flexibility index (Phi) is 3.70. The fraction of sp³-hybridized carbons (Fsp3) is 0.353. The first-order valence-electron chi connectivity index (χ1n) is 7.03. The van der Waals surface area contributed by atoms with Crippen molar-refractivity contribution >= 4 is 17.1 Å². The van der Waals surface area contributed by atoms with E-state index in [4.69, 9.17) is 9.47 Å². The van der Waals surface area contributed by atoms with Crippen LogP contribution in [-0.2, 0) is 4.74 Å². The molecule has 0 radical (unpaired) electrons. The van der Waals surface area contributed by atoms with Gasteiger partial charge in [-0.2, -0.15) is 0 Å². The lowest BCUT2D eigenvalue weighted by Crippen LogP contribution is -2.18. The van der Waals surface area contributed by atoms with E-state index >= 15 is 0 Å². The van der Waals surface area contributed by atoms with Crippen LogP contribution in [0.4, 0.5) is 0 Å². The molecule has 3 nitrogen and oxygen atoms in total. The zero-order valence-electron chi connectivity index (χ0n) is 11.5. The van der Waals surface area contributed by atoms with Crippen LogP contribution in [0.15, 0.2) is 36.4 Å². The molecule has 0 saturated carbocycles. The highest BCUT2D eigenvalue weighted by Gasteiger charge is 2.22. The van der Waals surface area contributed by atoms with Crippen LogP contribution in [0.5, 0.6) is 5.75 Å². The Morgan fingerprint density at radius 1 is 1.25 bits per heavy atom. The van der Waals surface area contributed by atoms with Crippen molar-refractivity contribution in [1.29, 1.82) is 0 Å². The predicted molar refractivity (Wildman–Crippen MR) is 78.4 cm³/mol. The highest BCUT2D eigenvalue weighted by molar-refractivity contribution is 6.00. The van der Waals surface area contributed by atoms with Gasteiger partial charge in [0.05, 0.1) is 17.8 Å². The van der Waals surface area contributed by atoms with Crippen LogP contribution in [0.25, 0.3) is 10.8 Å². The molecule has 1 heterocycles. The number of aldehydes is 1. The van der Waals surface area contributed by atoms with E-state index in [9.17, 15) is 4.79 Å². The second-order valence-electron chi connectivity index (χ2n) is 5.27. The third-order valence-corrected chi connectivity index (χ3v) is 3.79. The molecule has 2 atom stereocenters. The van der Waals surface area contributed by atoms with Gasteiger partial charge < -0.3 is 9.47 Å². The summed E-state index contributed by atoms with van der Waals surface area (Å²) in [5, 5.41) is 1.98. The standard InChI is InChI=1S/C17H18O3/c1-12-6-8-14(20-12)11-19-17-9-7-13-4-2-3-5-15(13)16(17)10-18/h2-5,7,9-10,12,14H,6,8,11H2,1H3. The molecule has 2 aromatic carbocycles. The Bertz CT molecular complexity index is 621. The van der Waals surface area contributed by atoms with Gasteiger partial charge in [0.15, 0.2) is 6.29 Å². The first-order valence-corrected chi connectivity index (χ1v) is 7.03. The summed E-state index contributed by atoms with van der Waals surface area (Å²) < 4.78 is 11.5. The number of benzene rings is 2. The molecule has 0 bridgehead atoms. The summed E-state index contributed by atoms with van der Waals surface area (Å²) in [4.78, 5) is 11.4. The molecular weight excluding hydrogens is 252 g/mol. The summed E-state index contributed by atoms with van der Waals surface area (Å²) in [6.07, 6.45) is 3.41. The Hall–Kier alpha value is -1.87. The molecule has 0 amide bonds. The molecule has 1 aliphatic heterocycles. The van der Waals surface area contributed by atoms with E-state index in [1.807, 2.05) is 36.4 Å². The SMILES string of the molecule is CC1CCC(COc2ccc3ccccc3c2C=O)O1. The molecule has 3 heteroatoms. The number of ether oxygens (including phenoxy) is 2. The quantitative estimate of drug-likeness (QED) is 0.796. The third kappa shape index (κ3) is 2.54. The normalized spacial score (nSPS) is 22.1. The first kappa shape index (κ1) is 13.1. The van der Waals surface area contributed by atoms with Crippen molar-refractivity contribution in [3.05, 3.63) is 42.0 Å². The topological polar surface area (TPSA) is 35.5 Å². The maximum atomic E-state index is 11.4. The summed E-state index contributed by atoms with van der Waals surface area (Å²) in [6.45, 7) is 2.58. The lowest BCUT2D eigenvalue weighted by Gasteiger charge is -2.14. The van der Waals surface area contributed by atoms with Gasteiger partial charge in [0, 0.05) is 0 Å². The molecule has 2 unspecified atom stereocenters. The van der Waals surface area contributed by atoms with Crippen molar-refractivity contribution in [2.45, 2.75) is 32.0 Å². The molecule has 3 rings (SSSR count). The van der Waals surface area contributed by atoms with Crippen LogP contribution in [-0.4, -0.2) is 25.1 Å². The number of hydrogen-bond donors (Lipinski definition) is 0. The lowest BCUT2D eigenvalue weighted by atomic mass is 10.0. The number of carbonyl (C=O) groups is 1. The lowest BCUT2D eigenvalue weighted by molar-refractivity contribution is 0.0263. The average molecular weight is 270 g/mol. The van der Waals surface area contributed by atoms with Crippen molar-refractivity contribution in [1.82, 2.24) is 0 Å². The smallest absolute Gasteiger partial charge is 0.154 e.